The van der Waals surface area contributed by atoms with Crippen molar-refractivity contribution in [1.82, 2.24) is 9.62 Å². The molecule has 5 heteroatoms. The highest BCUT2D eigenvalue weighted by Crippen LogP contribution is 2.31. The predicted octanol–water partition coefficient (Wildman–Crippen LogP) is 1.97. The molecule has 0 bridgehead atoms. The van der Waals surface area contributed by atoms with E-state index in [-0.39, 0.29) is 10.7 Å². The average Bonchev–Trinajstić information content (AvgIpc) is 3.13. The van der Waals surface area contributed by atoms with Gasteiger partial charge >= 0.3 is 0 Å². The number of rotatable bonds is 5. The van der Waals surface area contributed by atoms with Crippen LogP contribution in [0.5, 0.6) is 0 Å². The third-order valence-electron chi connectivity index (χ3n) is 4.44. The van der Waals surface area contributed by atoms with E-state index in [1.54, 1.807) is 4.31 Å². The first-order valence-corrected chi connectivity index (χ1v) is 9.04. The number of nitrogens with zero attached hydrogens (tertiary/aromatic N) is 1. The molecular formula is C14H28N2O2S. The molecule has 1 saturated carbocycles. The Morgan fingerprint density at radius 3 is 2.58 bits per heavy atom. The van der Waals surface area contributed by atoms with E-state index in [1.165, 1.54) is 12.8 Å². The lowest BCUT2D eigenvalue weighted by Gasteiger charge is -2.25. The van der Waals surface area contributed by atoms with Crippen LogP contribution in [0.1, 0.15) is 52.9 Å². The first-order valence-electron chi connectivity index (χ1n) is 7.54. The molecule has 0 amide bonds. The van der Waals surface area contributed by atoms with E-state index in [4.69, 9.17) is 0 Å². The lowest BCUT2D eigenvalue weighted by atomic mass is 9.85. The molecule has 1 aliphatic heterocycles. The monoisotopic (exact) mass is 288 g/mol. The van der Waals surface area contributed by atoms with Crippen molar-refractivity contribution in [2.24, 2.45) is 5.41 Å². The normalized spacial score (nSPS) is 26.9. The Hall–Kier alpha value is -0.130. The van der Waals surface area contributed by atoms with Crippen molar-refractivity contribution in [3.63, 3.8) is 0 Å². The molecule has 19 heavy (non-hydrogen) atoms. The van der Waals surface area contributed by atoms with Crippen LogP contribution in [0, 0.1) is 5.41 Å². The van der Waals surface area contributed by atoms with Gasteiger partial charge < -0.3 is 5.32 Å². The van der Waals surface area contributed by atoms with Crippen molar-refractivity contribution >= 4 is 10.0 Å². The fraction of sp³-hybridized carbons (Fsp3) is 1.00. The summed E-state index contributed by atoms with van der Waals surface area (Å²) in [6.07, 6.45) is 5.47. The Kier molecular flexibility index (Phi) is 4.58. The molecule has 2 fully saturated rings. The minimum Gasteiger partial charge on any atom is -0.313 e. The second-order valence-corrected chi connectivity index (χ2v) is 9.31. The summed E-state index contributed by atoms with van der Waals surface area (Å²) < 4.78 is 26.9. The van der Waals surface area contributed by atoms with Gasteiger partial charge in [0.1, 0.15) is 0 Å². The van der Waals surface area contributed by atoms with E-state index in [0.29, 0.717) is 25.7 Å². The molecule has 1 aliphatic carbocycles. The Balaban J connectivity index is 1.93. The first-order chi connectivity index (χ1) is 8.81. The zero-order valence-corrected chi connectivity index (χ0v) is 13.3. The smallest absolute Gasteiger partial charge is 0.217 e. The highest BCUT2D eigenvalue weighted by atomic mass is 32.2. The van der Waals surface area contributed by atoms with Crippen LogP contribution in [0.2, 0.25) is 0 Å². The van der Waals surface area contributed by atoms with Crippen molar-refractivity contribution in [3.8, 4) is 0 Å². The maximum atomic E-state index is 12.6. The molecule has 112 valence electrons. The van der Waals surface area contributed by atoms with Gasteiger partial charge in [0.05, 0.1) is 5.25 Å². The summed E-state index contributed by atoms with van der Waals surface area (Å²) in [5.74, 6) is 0. The Morgan fingerprint density at radius 1 is 1.26 bits per heavy atom. The fourth-order valence-corrected chi connectivity index (χ4v) is 4.18. The number of nitrogens with one attached hydrogen (secondary N) is 1. The molecule has 0 aromatic heterocycles. The average molecular weight is 288 g/mol. The number of hydrogen-bond donors (Lipinski definition) is 1. The van der Waals surface area contributed by atoms with E-state index < -0.39 is 10.0 Å². The lowest BCUT2D eigenvalue weighted by Crippen LogP contribution is -2.43. The van der Waals surface area contributed by atoms with Crippen molar-refractivity contribution in [2.75, 3.05) is 19.6 Å². The molecule has 1 heterocycles. The summed E-state index contributed by atoms with van der Waals surface area (Å²) in [4.78, 5) is 0. The van der Waals surface area contributed by atoms with Gasteiger partial charge in [-0.1, -0.05) is 13.8 Å². The fourth-order valence-electron chi connectivity index (χ4n) is 2.63. The SMILES string of the molecule is CC(CNC1CC1)S(=O)(=O)N1CCCC(C)(C)CC1. The summed E-state index contributed by atoms with van der Waals surface area (Å²) in [5, 5.41) is 3.02. The van der Waals surface area contributed by atoms with Gasteiger partial charge in [-0.3, -0.25) is 0 Å². The van der Waals surface area contributed by atoms with Gasteiger partial charge in [-0.2, -0.15) is 0 Å². The summed E-state index contributed by atoms with van der Waals surface area (Å²) in [6, 6.07) is 0.570. The quantitative estimate of drug-likeness (QED) is 0.841. The molecule has 1 atom stereocenters. The van der Waals surface area contributed by atoms with Crippen molar-refractivity contribution in [2.45, 2.75) is 64.2 Å². The Bertz CT molecular complexity index is 402. The van der Waals surface area contributed by atoms with Crippen molar-refractivity contribution in [1.29, 1.82) is 0 Å². The summed E-state index contributed by atoms with van der Waals surface area (Å²) >= 11 is 0. The van der Waals surface area contributed by atoms with Crippen LogP contribution in [-0.2, 0) is 10.0 Å². The summed E-state index contributed by atoms with van der Waals surface area (Å²) in [6.45, 7) is 8.28. The minimum absolute atomic E-state index is 0.278. The maximum absolute atomic E-state index is 12.6. The van der Waals surface area contributed by atoms with Gasteiger partial charge in [-0.15, -0.1) is 0 Å². The molecule has 4 nitrogen and oxygen atoms in total. The van der Waals surface area contributed by atoms with Gasteiger partial charge in [0, 0.05) is 25.7 Å². The van der Waals surface area contributed by atoms with Crippen LogP contribution in [0.15, 0.2) is 0 Å². The molecule has 2 rings (SSSR count). The van der Waals surface area contributed by atoms with E-state index >= 15 is 0 Å². The highest BCUT2D eigenvalue weighted by molar-refractivity contribution is 7.89. The number of hydrogen-bond acceptors (Lipinski definition) is 3. The Morgan fingerprint density at radius 2 is 1.95 bits per heavy atom. The molecule has 2 aliphatic rings. The minimum atomic E-state index is -3.13. The molecule has 0 aromatic rings. The maximum Gasteiger partial charge on any atom is 0.217 e. The standard InChI is InChI=1S/C14H28N2O2S/c1-12(11-15-13-5-6-13)19(17,18)16-9-4-7-14(2,3)8-10-16/h12-13,15H,4-11H2,1-3H3. The summed E-state index contributed by atoms with van der Waals surface area (Å²) in [7, 11) is -3.13. The van der Waals surface area contributed by atoms with Crippen LogP contribution in [-0.4, -0.2) is 43.6 Å². The van der Waals surface area contributed by atoms with Gasteiger partial charge in [-0.25, -0.2) is 12.7 Å². The largest absolute Gasteiger partial charge is 0.313 e. The topological polar surface area (TPSA) is 49.4 Å². The van der Waals surface area contributed by atoms with Gasteiger partial charge in [0.2, 0.25) is 10.0 Å². The van der Waals surface area contributed by atoms with Crippen LogP contribution in [0.3, 0.4) is 0 Å². The third kappa shape index (κ3) is 4.17. The van der Waals surface area contributed by atoms with Gasteiger partial charge in [0.15, 0.2) is 0 Å². The zero-order valence-electron chi connectivity index (χ0n) is 12.5. The molecule has 1 N–H and O–H groups in total. The molecule has 1 saturated heterocycles. The van der Waals surface area contributed by atoms with Crippen LogP contribution in [0.4, 0.5) is 0 Å². The highest BCUT2D eigenvalue weighted by Gasteiger charge is 2.33. The van der Waals surface area contributed by atoms with E-state index in [2.05, 4.69) is 19.2 Å². The van der Waals surface area contributed by atoms with Crippen LogP contribution < -0.4 is 5.32 Å². The predicted molar refractivity (Wildman–Crippen MR) is 78.6 cm³/mol. The van der Waals surface area contributed by atoms with Crippen molar-refractivity contribution < 1.29 is 8.42 Å². The molecule has 0 spiro atoms. The van der Waals surface area contributed by atoms with Crippen LogP contribution in [0.25, 0.3) is 0 Å². The third-order valence-corrected chi connectivity index (χ3v) is 6.71. The van der Waals surface area contributed by atoms with Crippen LogP contribution >= 0.6 is 0 Å². The molecule has 1 unspecified atom stereocenters. The Labute approximate surface area is 118 Å². The molecular weight excluding hydrogens is 260 g/mol. The molecule has 0 aromatic carbocycles. The van der Waals surface area contributed by atoms with Crippen molar-refractivity contribution in [3.05, 3.63) is 0 Å². The number of sulfonamides is 1. The first kappa shape index (κ1) is 15.3. The van der Waals surface area contributed by atoms with E-state index in [9.17, 15) is 8.42 Å². The van der Waals surface area contributed by atoms with E-state index in [0.717, 1.165) is 19.3 Å². The zero-order chi connectivity index (χ0) is 14.1. The molecule has 0 radical (unpaired) electrons. The second-order valence-electron chi connectivity index (χ2n) is 6.95. The van der Waals surface area contributed by atoms with Gasteiger partial charge in [-0.05, 0) is 44.4 Å². The lowest BCUT2D eigenvalue weighted by molar-refractivity contribution is 0.314. The van der Waals surface area contributed by atoms with E-state index in [1.807, 2.05) is 6.92 Å². The summed E-state index contributed by atoms with van der Waals surface area (Å²) in [5.41, 5.74) is 0.278. The van der Waals surface area contributed by atoms with Gasteiger partial charge in [0.25, 0.3) is 0 Å². The second kappa shape index (κ2) is 5.70.